The Labute approximate surface area is 138 Å². The summed E-state index contributed by atoms with van der Waals surface area (Å²) in [6, 6.07) is 16.7. The smallest absolute Gasteiger partial charge is 0.338 e. The number of benzene rings is 2. The minimum absolute atomic E-state index is 0.0625. The average Bonchev–Trinajstić information content (AvgIpc) is 2.91. The van der Waals surface area contributed by atoms with E-state index in [0.29, 0.717) is 18.7 Å². The molecule has 0 aliphatic rings. The van der Waals surface area contributed by atoms with Crippen molar-refractivity contribution in [3.05, 3.63) is 69.8 Å². The number of esters is 1. The van der Waals surface area contributed by atoms with Crippen molar-refractivity contribution >= 4 is 27.5 Å². The molecule has 0 unspecified atom stereocenters. The van der Waals surface area contributed by atoms with E-state index in [2.05, 4.69) is 0 Å². The van der Waals surface area contributed by atoms with Crippen LogP contribution in [0.5, 0.6) is 0 Å². The van der Waals surface area contributed by atoms with E-state index >= 15 is 0 Å². The Hall–Kier alpha value is -2.40. The molecule has 0 amide bonds. The van der Waals surface area contributed by atoms with Gasteiger partial charge in [-0.2, -0.15) is 0 Å². The molecule has 0 saturated heterocycles. The van der Waals surface area contributed by atoms with Gasteiger partial charge in [-0.3, -0.25) is 9.36 Å². The van der Waals surface area contributed by atoms with Crippen molar-refractivity contribution < 1.29 is 9.53 Å². The Morgan fingerprint density at radius 1 is 1.00 bits per heavy atom. The summed E-state index contributed by atoms with van der Waals surface area (Å²) in [7, 11) is 0. The number of thiazole rings is 1. The number of aromatic nitrogens is 1. The fourth-order valence-corrected chi connectivity index (χ4v) is 3.34. The number of aryl methyl sites for hydroxylation is 1. The molecule has 23 heavy (non-hydrogen) atoms. The first kappa shape index (κ1) is 15.5. The van der Waals surface area contributed by atoms with Crippen LogP contribution in [-0.2, 0) is 11.3 Å². The molecule has 0 N–H and O–H groups in total. The predicted octanol–water partition coefficient (Wildman–Crippen LogP) is 3.70. The van der Waals surface area contributed by atoms with E-state index in [4.69, 9.17) is 4.74 Å². The Balaban J connectivity index is 1.49. The molecule has 2 aromatic carbocycles. The fraction of sp³-hybridized carbons (Fsp3) is 0.222. The fourth-order valence-electron chi connectivity index (χ4n) is 2.42. The van der Waals surface area contributed by atoms with Gasteiger partial charge in [-0.05, 0) is 37.1 Å². The van der Waals surface area contributed by atoms with Crippen molar-refractivity contribution in [2.75, 3.05) is 6.61 Å². The second-order valence-electron chi connectivity index (χ2n) is 5.20. The Kier molecular flexibility index (Phi) is 4.88. The van der Waals surface area contributed by atoms with E-state index < -0.39 is 0 Å². The van der Waals surface area contributed by atoms with E-state index in [-0.39, 0.29) is 10.8 Å². The third-order valence-electron chi connectivity index (χ3n) is 3.59. The van der Waals surface area contributed by atoms with E-state index in [1.807, 2.05) is 42.5 Å². The van der Waals surface area contributed by atoms with Gasteiger partial charge in [0.1, 0.15) is 0 Å². The lowest BCUT2D eigenvalue weighted by Gasteiger charge is -2.06. The normalized spacial score (nSPS) is 10.8. The molecule has 4 nitrogen and oxygen atoms in total. The molecule has 0 bridgehead atoms. The van der Waals surface area contributed by atoms with Gasteiger partial charge in [-0.25, -0.2) is 4.79 Å². The molecule has 0 atom stereocenters. The third kappa shape index (κ3) is 3.68. The molecule has 0 radical (unpaired) electrons. The number of fused-ring (bicyclic) bond motifs is 1. The number of ether oxygens (including phenoxy) is 1. The molecule has 0 saturated carbocycles. The maximum Gasteiger partial charge on any atom is 0.338 e. The summed E-state index contributed by atoms with van der Waals surface area (Å²) < 4.78 is 8.04. The number of hydrogen-bond acceptors (Lipinski definition) is 4. The van der Waals surface area contributed by atoms with Gasteiger partial charge < -0.3 is 4.74 Å². The number of rotatable bonds is 6. The lowest BCUT2D eigenvalue weighted by Crippen LogP contribution is -2.13. The van der Waals surface area contributed by atoms with Crippen LogP contribution in [0, 0.1) is 0 Å². The van der Waals surface area contributed by atoms with Crippen LogP contribution in [0.2, 0.25) is 0 Å². The maximum atomic E-state index is 12.0. The van der Waals surface area contributed by atoms with Crippen LogP contribution >= 0.6 is 11.3 Å². The second-order valence-corrected chi connectivity index (χ2v) is 6.19. The average molecular weight is 327 g/mol. The lowest BCUT2D eigenvalue weighted by atomic mass is 10.2. The molecular formula is C18H17NO3S. The summed E-state index contributed by atoms with van der Waals surface area (Å²) in [6.07, 6.45) is 1.53. The zero-order chi connectivity index (χ0) is 16.1. The highest BCUT2D eigenvalue weighted by Crippen LogP contribution is 2.16. The number of hydrogen-bond donors (Lipinski definition) is 0. The minimum atomic E-state index is -0.302. The molecule has 0 spiro atoms. The van der Waals surface area contributed by atoms with Gasteiger partial charge >= 0.3 is 10.8 Å². The highest BCUT2D eigenvalue weighted by atomic mass is 32.1. The predicted molar refractivity (Wildman–Crippen MR) is 92.0 cm³/mol. The molecule has 0 aliphatic heterocycles. The van der Waals surface area contributed by atoms with Crippen LogP contribution in [0.15, 0.2) is 59.4 Å². The highest BCUT2D eigenvalue weighted by molar-refractivity contribution is 7.16. The van der Waals surface area contributed by atoms with Crippen molar-refractivity contribution in [1.29, 1.82) is 0 Å². The largest absolute Gasteiger partial charge is 0.462 e. The monoisotopic (exact) mass is 327 g/mol. The molecule has 1 heterocycles. The van der Waals surface area contributed by atoms with Gasteiger partial charge in [0, 0.05) is 6.54 Å². The van der Waals surface area contributed by atoms with Gasteiger partial charge in [0.2, 0.25) is 0 Å². The van der Waals surface area contributed by atoms with Gasteiger partial charge in [0.25, 0.3) is 0 Å². The van der Waals surface area contributed by atoms with Crippen LogP contribution < -0.4 is 4.87 Å². The summed E-state index contributed by atoms with van der Waals surface area (Å²) in [5, 5.41) is 0. The number of carbonyl (C=O) groups is 1. The van der Waals surface area contributed by atoms with Gasteiger partial charge in [0.05, 0.1) is 22.4 Å². The summed E-state index contributed by atoms with van der Waals surface area (Å²) in [4.78, 5) is 23.8. The first-order valence-electron chi connectivity index (χ1n) is 7.56. The first-order chi connectivity index (χ1) is 11.3. The Bertz CT molecular complexity index is 851. The number of carbonyl (C=O) groups excluding carboxylic acids is 1. The highest BCUT2D eigenvalue weighted by Gasteiger charge is 2.07. The van der Waals surface area contributed by atoms with E-state index in [1.165, 1.54) is 11.3 Å². The molecular weight excluding hydrogens is 310 g/mol. The summed E-state index contributed by atoms with van der Waals surface area (Å²) >= 11 is 1.27. The van der Waals surface area contributed by atoms with Crippen LogP contribution in [0.4, 0.5) is 0 Å². The van der Waals surface area contributed by atoms with E-state index in [0.717, 1.165) is 23.1 Å². The molecule has 3 aromatic rings. The molecule has 3 rings (SSSR count). The third-order valence-corrected chi connectivity index (χ3v) is 4.55. The van der Waals surface area contributed by atoms with Crippen molar-refractivity contribution in [2.45, 2.75) is 19.4 Å². The van der Waals surface area contributed by atoms with Crippen LogP contribution in [0.3, 0.4) is 0 Å². The molecule has 1 aromatic heterocycles. The van der Waals surface area contributed by atoms with Crippen molar-refractivity contribution in [2.24, 2.45) is 0 Å². The zero-order valence-corrected chi connectivity index (χ0v) is 13.4. The summed E-state index contributed by atoms with van der Waals surface area (Å²) in [6.45, 7) is 1.01. The Morgan fingerprint density at radius 3 is 2.57 bits per heavy atom. The zero-order valence-electron chi connectivity index (χ0n) is 12.6. The van der Waals surface area contributed by atoms with Crippen LogP contribution in [0.25, 0.3) is 10.2 Å². The number of unbranched alkanes of at least 4 members (excludes halogenated alkanes) is 1. The Morgan fingerprint density at radius 2 is 1.74 bits per heavy atom. The summed E-state index contributed by atoms with van der Waals surface area (Å²) in [5.41, 5.74) is 1.54. The molecule has 0 fully saturated rings. The summed E-state index contributed by atoms with van der Waals surface area (Å²) in [5.74, 6) is -0.302. The van der Waals surface area contributed by atoms with Gasteiger partial charge in [-0.1, -0.05) is 41.7 Å². The first-order valence-corrected chi connectivity index (χ1v) is 8.38. The number of nitrogens with zero attached hydrogens (tertiary/aromatic N) is 1. The number of para-hydroxylation sites is 1. The molecule has 0 aliphatic carbocycles. The van der Waals surface area contributed by atoms with E-state index in [1.54, 1.807) is 16.7 Å². The van der Waals surface area contributed by atoms with Crippen molar-refractivity contribution in [1.82, 2.24) is 4.57 Å². The van der Waals surface area contributed by atoms with Gasteiger partial charge in [-0.15, -0.1) is 0 Å². The second kappa shape index (κ2) is 7.24. The minimum Gasteiger partial charge on any atom is -0.462 e. The molecule has 5 heteroatoms. The van der Waals surface area contributed by atoms with Gasteiger partial charge in [0.15, 0.2) is 0 Å². The van der Waals surface area contributed by atoms with Crippen LogP contribution in [0.1, 0.15) is 23.2 Å². The van der Waals surface area contributed by atoms with Crippen LogP contribution in [-0.4, -0.2) is 17.1 Å². The van der Waals surface area contributed by atoms with E-state index in [9.17, 15) is 9.59 Å². The quantitative estimate of drug-likeness (QED) is 0.512. The topological polar surface area (TPSA) is 48.3 Å². The standard InChI is InChI=1S/C18H17NO3S/c20-17(14-8-2-1-3-9-14)22-13-7-6-12-19-15-10-4-5-11-16(15)23-18(19)21/h1-5,8-11H,6-7,12-13H2. The van der Waals surface area contributed by atoms with Crippen molar-refractivity contribution in [3.63, 3.8) is 0 Å². The lowest BCUT2D eigenvalue weighted by molar-refractivity contribution is 0.0497. The SMILES string of the molecule is O=C(OCCCCn1c(=O)sc2ccccc21)c1ccccc1. The van der Waals surface area contributed by atoms with Crippen molar-refractivity contribution in [3.8, 4) is 0 Å². The molecule has 118 valence electrons. The maximum absolute atomic E-state index is 12.0.